The van der Waals surface area contributed by atoms with Crippen molar-refractivity contribution < 1.29 is 13.2 Å². The lowest BCUT2D eigenvalue weighted by molar-refractivity contribution is 0.0955. The van der Waals surface area contributed by atoms with Gasteiger partial charge in [0.25, 0.3) is 5.91 Å². The molecule has 0 radical (unpaired) electrons. The summed E-state index contributed by atoms with van der Waals surface area (Å²) in [6, 6.07) is 4.89. The van der Waals surface area contributed by atoms with Gasteiger partial charge in [0.05, 0.1) is 10.5 Å². The maximum atomic E-state index is 12.9. The van der Waals surface area contributed by atoms with Crippen LogP contribution in [-0.2, 0) is 10.0 Å². The van der Waals surface area contributed by atoms with Crippen LogP contribution in [0.25, 0.3) is 0 Å². The predicted molar refractivity (Wildman–Crippen MR) is 109 cm³/mol. The molecule has 1 saturated heterocycles. The van der Waals surface area contributed by atoms with Crippen molar-refractivity contribution in [3.8, 4) is 0 Å². The highest BCUT2D eigenvalue weighted by atomic mass is 32.2. The number of benzene rings is 1. The SMILES string of the molecule is CCN(CC)S(=O)(=O)c1ccc(N2CCC(C)CC2)c(C(=O)NCCN)c1. The first kappa shape index (κ1) is 21.7. The summed E-state index contributed by atoms with van der Waals surface area (Å²) in [5, 5.41) is 2.77. The van der Waals surface area contributed by atoms with E-state index in [0.29, 0.717) is 37.7 Å². The summed E-state index contributed by atoms with van der Waals surface area (Å²) >= 11 is 0. The Labute approximate surface area is 163 Å². The van der Waals surface area contributed by atoms with Crippen LogP contribution in [0.5, 0.6) is 0 Å². The fourth-order valence-electron chi connectivity index (χ4n) is 3.38. The molecule has 0 spiro atoms. The summed E-state index contributed by atoms with van der Waals surface area (Å²) in [6.07, 6.45) is 2.12. The fourth-order valence-corrected chi connectivity index (χ4v) is 4.86. The minimum absolute atomic E-state index is 0.151. The molecule has 1 aromatic carbocycles. The van der Waals surface area contributed by atoms with E-state index in [4.69, 9.17) is 5.73 Å². The second kappa shape index (κ2) is 9.52. The Morgan fingerprint density at radius 1 is 1.26 bits per heavy atom. The van der Waals surface area contributed by atoms with Crippen LogP contribution in [0.15, 0.2) is 23.1 Å². The largest absolute Gasteiger partial charge is 0.371 e. The van der Waals surface area contributed by atoms with Crippen LogP contribution >= 0.6 is 0 Å². The van der Waals surface area contributed by atoms with E-state index in [2.05, 4.69) is 17.1 Å². The third-order valence-corrected chi connectivity index (χ3v) is 7.16. The highest BCUT2D eigenvalue weighted by molar-refractivity contribution is 7.89. The van der Waals surface area contributed by atoms with E-state index in [1.54, 1.807) is 26.0 Å². The van der Waals surface area contributed by atoms with Crippen molar-refractivity contribution in [1.82, 2.24) is 9.62 Å². The summed E-state index contributed by atoms with van der Waals surface area (Å²) in [7, 11) is -3.62. The number of nitrogens with zero attached hydrogens (tertiary/aromatic N) is 2. The van der Waals surface area contributed by atoms with E-state index in [1.165, 1.54) is 10.4 Å². The van der Waals surface area contributed by atoms with Crippen molar-refractivity contribution in [2.75, 3.05) is 44.2 Å². The van der Waals surface area contributed by atoms with Crippen LogP contribution < -0.4 is 16.0 Å². The molecule has 1 amide bonds. The van der Waals surface area contributed by atoms with Crippen molar-refractivity contribution in [3.05, 3.63) is 23.8 Å². The number of hydrogen-bond acceptors (Lipinski definition) is 5. The smallest absolute Gasteiger partial charge is 0.253 e. The van der Waals surface area contributed by atoms with E-state index in [1.807, 2.05) is 0 Å². The fraction of sp³-hybridized carbons (Fsp3) is 0.632. The lowest BCUT2D eigenvalue weighted by atomic mass is 9.98. The molecule has 3 N–H and O–H groups in total. The predicted octanol–water partition coefficient (Wildman–Crippen LogP) is 1.64. The van der Waals surface area contributed by atoms with Gasteiger partial charge in [-0.3, -0.25) is 4.79 Å². The van der Waals surface area contributed by atoms with E-state index in [9.17, 15) is 13.2 Å². The monoisotopic (exact) mass is 396 g/mol. The second-order valence-corrected chi connectivity index (χ2v) is 8.92. The molecule has 0 aromatic heterocycles. The number of carbonyl (C=O) groups is 1. The zero-order valence-electron chi connectivity index (χ0n) is 16.6. The van der Waals surface area contributed by atoms with Gasteiger partial charge in [-0.1, -0.05) is 20.8 Å². The van der Waals surface area contributed by atoms with Gasteiger partial charge in [0.2, 0.25) is 10.0 Å². The molecule has 1 aromatic rings. The van der Waals surface area contributed by atoms with Crippen LogP contribution in [0, 0.1) is 5.92 Å². The Morgan fingerprint density at radius 3 is 2.44 bits per heavy atom. The van der Waals surface area contributed by atoms with Gasteiger partial charge in [-0.2, -0.15) is 4.31 Å². The van der Waals surface area contributed by atoms with Crippen LogP contribution in [-0.4, -0.2) is 57.9 Å². The number of hydrogen-bond donors (Lipinski definition) is 2. The molecule has 1 aliphatic heterocycles. The van der Waals surface area contributed by atoms with E-state index in [-0.39, 0.29) is 10.8 Å². The number of nitrogens with one attached hydrogen (secondary N) is 1. The van der Waals surface area contributed by atoms with Gasteiger partial charge in [0.15, 0.2) is 0 Å². The Hall–Kier alpha value is -1.64. The van der Waals surface area contributed by atoms with Gasteiger partial charge in [0.1, 0.15) is 0 Å². The van der Waals surface area contributed by atoms with E-state index < -0.39 is 10.0 Å². The van der Waals surface area contributed by atoms with E-state index >= 15 is 0 Å². The standard InChI is InChI=1S/C19H32N4O3S/c1-4-23(5-2)27(25,26)16-6-7-18(22-12-8-15(3)9-13-22)17(14-16)19(24)21-11-10-20/h6-7,14-15H,4-5,8-13,20H2,1-3H3,(H,21,24). The highest BCUT2D eigenvalue weighted by Crippen LogP contribution is 2.29. The van der Waals surface area contributed by atoms with Crippen LogP contribution in [0.1, 0.15) is 44.0 Å². The van der Waals surface area contributed by atoms with Crippen LogP contribution in [0.2, 0.25) is 0 Å². The zero-order chi connectivity index (χ0) is 20.0. The quantitative estimate of drug-likeness (QED) is 0.696. The first-order chi connectivity index (χ1) is 12.8. The molecule has 27 heavy (non-hydrogen) atoms. The topological polar surface area (TPSA) is 95.7 Å². The molecule has 0 saturated carbocycles. The average Bonchev–Trinajstić information content (AvgIpc) is 2.67. The molecule has 1 heterocycles. The maximum Gasteiger partial charge on any atom is 0.253 e. The second-order valence-electron chi connectivity index (χ2n) is 6.98. The Balaban J connectivity index is 2.44. The highest BCUT2D eigenvalue weighted by Gasteiger charge is 2.26. The Kier molecular flexibility index (Phi) is 7.64. The first-order valence-corrected chi connectivity index (χ1v) is 11.2. The van der Waals surface area contributed by atoms with Gasteiger partial charge in [-0.25, -0.2) is 8.42 Å². The molecule has 1 aliphatic rings. The van der Waals surface area contributed by atoms with Crippen LogP contribution in [0.4, 0.5) is 5.69 Å². The molecule has 0 bridgehead atoms. The molecule has 1 fully saturated rings. The van der Waals surface area contributed by atoms with Crippen molar-refractivity contribution in [1.29, 1.82) is 0 Å². The summed E-state index contributed by atoms with van der Waals surface area (Å²) in [5.41, 5.74) is 6.68. The van der Waals surface area contributed by atoms with E-state index in [0.717, 1.165) is 31.6 Å². The maximum absolute atomic E-state index is 12.9. The lowest BCUT2D eigenvalue weighted by Crippen LogP contribution is -2.36. The van der Waals surface area contributed by atoms with Gasteiger partial charge >= 0.3 is 0 Å². The third-order valence-electron chi connectivity index (χ3n) is 5.11. The van der Waals surface area contributed by atoms with Gasteiger partial charge < -0.3 is 16.0 Å². The van der Waals surface area contributed by atoms with Gasteiger partial charge in [-0.05, 0) is 37.0 Å². The van der Waals surface area contributed by atoms with Crippen molar-refractivity contribution >= 4 is 21.6 Å². The number of carbonyl (C=O) groups excluding carboxylic acids is 1. The van der Waals surface area contributed by atoms with Crippen molar-refractivity contribution in [2.24, 2.45) is 11.7 Å². The average molecular weight is 397 g/mol. The Bertz CT molecular complexity index is 739. The first-order valence-electron chi connectivity index (χ1n) is 9.72. The number of sulfonamides is 1. The number of amides is 1. The summed E-state index contributed by atoms with van der Waals surface area (Å²) < 4.78 is 27.1. The lowest BCUT2D eigenvalue weighted by Gasteiger charge is -2.33. The van der Waals surface area contributed by atoms with Gasteiger partial charge in [-0.15, -0.1) is 0 Å². The normalized spacial score (nSPS) is 16.0. The molecule has 8 heteroatoms. The molecule has 0 unspecified atom stereocenters. The zero-order valence-corrected chi connectivity index (χ0v) is 17.4. The van der Waals surface area contributed by atoms with Gasteiger partial charge in [0, 0.05) is 45.0 Å². The minimum Gasteiger partial charge on any atom is -0.371 e. The molecular weight excluding hydrogens is 364 g/mol. The number of piperidine rings is 1. The van der Waals surface area contributed by atoms with Crippen molar-refractivity contribution in [2.45, 2.75) is 38.5 Å². The van der Waals surface area contributed by atoms with Crippen LogP contribution in [0.3, 0.4) is 0 Å². The number of anilines is 1. The minimum atomic E-state index is -3.62. The molecule has 152 valence electrons. The molecule has 2 rings (SSSR count). The summed E-state index contributed by atoms with van der Waals surface area (Å²) in [6.45, 7) is 9.02. The molecular formula is C19H32N4O3S. The molecule has 0 atom stereocenters. The molecule has 0 aliphatic carbocycles. The van der Waals surface area contributed by atoms with Crippen molar-refractivity contribution in [3.63, 3.8) is 0 Å². The third kappa shape index (κ3) is 5.00. The summed E-state index contributed by atoms with van der Waals surface area (Å²) in [5.74, 6) is 0.378. The number of nitrogens with two attached hydrogens (primary N) is 1. The summed E-state index contributed by atoms with van der Waals surface area (Å²) in [4.78, 5) is 15.0. The number of rotatable bonds is 8. The Morgan fingerprint density at radius 2 is 1.89 bits per heavy atom. The molecule has 7 nitrogen and oxygen atoms in total.